The summed E-state index contributed by atoms with van der Waals surface area (Å²) in [7, 11) is 0. The molecular weight excluding hydrogens is 517 g/mol. The molecule has 1 aliphatic heterocycles. The lowest BCUT2D eigenvalue weighted by atomic mass is 9.89. The summed E-state index contributed by atoms with van der Waals surface area (Å²) in [5.74, 6) is -1.22. The Morgan fingerprint density at radius 2 is 1.49 bits per heavy atom. The number of hydrogen-bond acceptors (Lipinski definition) is 5. The van der Waals surface area contributed by atoms with E-state index in [-0.39, 0.29) is 24.0 Å². The Balaban J connectivity index is 1.49. The zero-order chi connectivity index (χ0) is 28.8. The SMILES string of the molecule is Cc1nc(C)c(C(=O)N2CCNCC2)c(-c2cccc(F)c2)c1C(=O)OCCC(c1ccccc1)c1ccccc1. The third-order valence-corrected chi connectivity index (χ3v) is 7.54. The molecule has 210 valence electrons. The zero-order valence-electron chi connectivity index (χ0n) is 23.4. The van der Waals surface area contributed by atoms with Gasteiger partial charge in [-0.25, -0.2) is 9.18 Å². The van der Waals surface area contributed by atoms with Crippen LogP contribution in [0.15, 0.2) is 84.9 Å². The van der Waals surface area contributed by atoms with Gasteiger partial charge >= 0.3 is 5.97 Å². The molecule has 2 heterocycles. The second-order valence-corrected chi connectivity index (χ2v) is 10.3. The van der Waals surface area contributed by atoms with E-state index in [4.69, 9.17) is 4.74 Å². The van der Waals surface area contributed by atoms with Crippen LogP contribution in [0.25, 0.3) is 11.1 Å². The van der Waals surface area contributed by atoms with Gasteiger partial charge in [-0.15, -0.1) is 0 Å². The largest absolute Gasteiger partial charge is 0.462 e. The lowest BCUT2D eigenvalue weighted by Crippen LogP contribution is -2.46. The van der Waals surface area contributed by atoms with Crippen LogP contribution in [-0.4, -0.2) is 54.5 Å². The van der Waals surface area contributed by atoms with Gasteiger partial charge in [0.1, 0.15) is 5.82 Å². The Labute approximate surface area is 240 Å². The van der Waals surface area contributed by atoms with Gasteiger partial charge in [-0.3, -0.25) is 9.78 Å². The number of benzene rings is 3. The number of pyridine rings is 1. The first-order valence-electron chi connectivity index (χ1n) is 14.0. The average Bonchev–Trinajstić information content (AvgIpc) is 3.00. The molecule has 4 aromatic rings. The molecular formula is C34H34FN3O3. The number of hydrogen-bond donors (Lipinski definition) is 1. The van der Waals surface area contributed by atoms with Gasteiger partial charge in [-0.2, -0.15) is 0 Å². The maximum absolute atomic E-state index is 14.5. The third-order valence-electron chi connectivity index (χ3n) is 7.54. The van der Waals surface area contributed by atoms with Gasteiger partial charge in [0.15, 0.2) is 0 Å². The van der Waals surface area contributed by atoms with Gasteiger partial charge in [0.2, 0.25) is 0 Å². The van der Waals surface area contributed by atoms with E-state index in [1.54, 1.807) is 30.9 Å². The molecule has 1 aromatic heterocycles. The van der Waals surface area contributed by atoms with Gasteiger partial charge in [-0.05, 0) is 49.1 Å². The smallest absolute Gasteiger partial charge is 0.340 e. The molecule has 1 aliphatic rings. The summed E-state index contributed by atoms with van der Waals surface area (Å²) in [4.78, 5) is 33.9. The van der Waals surface area contributed by atoms with Crippen molar-refractivity contribution in [3.05, 3.63) is 124 Å². The summed E-state index contributed by atoms with van der Waals surface area (Å²) in [6, 6.07) is 26.2. The van der Waals surface area contributed by atoms with Gasteiger partial charge in [0.25, 0.3) is 5.91 Å². The van der Waals surface area contributed by atoms with Crippen molar-refractivity contribution < 1.29 is 18.7 Å². The number of halogens is 1. The number of nitrogens with zero attached hydrogens (tertiary/aromatic N) is 2. The van der Waals surface area contributed by atoms with Crippen LogP contribution >= 0.6 is 0 Å². The summed E-state index contributed by atoms with van der Waals surface area (Å²) in [5, 5.41) is 3.25. The molecule has 0 bridgehead atoms. The average molecular weight is 552 g/mol. The maximum Gasteiger partial charge on any atom is 0.340 e. The number of aromatic nitrogens is 1. The predicted octanol–water partition coefficient (Wildman–Crippen LogP) is 5.93. The molecule has 1 fully saturated rings. The third kappa shape index (κ3) is 6.36. The van der Waals surface area contributed by atoms with Crippen LogP contribution in [0.5, 0.6) is 0 Å². The van der Waals surface area contributed by atoms with Crippen molar-refractivity contribution in [1.29, 1.82) is 0 Å². The predicted molar refractivity (Wildman–Crippen MR) is 158 cm³/mol. The molecule has 41 heavy (non-hydrogen) atoms. The second kappa shape index (κ2) is 12.9. The first kappa shape index (κ1) is 28.2. The normalized spacial score (nSPS) is 13.3. The van der Waals surface area contributed by atoms with E-state index >= 15 is 0 Å². The molecule has 7 heteroatoms. The summed E-state index contributed by atoms with van der Waals surface area (Å²) in [5.41, 5.74) is 4.50. The molecule has 0 saturated carbocycles. The van der Waals surface area contributed by atoms with Crippen molar-refractivity contribution >= 4 is 11.9 Å². The Morgan fingerprint density at radius 1 is 0.878 bits per heavy atom. The highest BCUT2D eigenvalue weighted by molar-refractivity contribution is 6.08. The minimum absolute atomic E-state index is 0.0370. The number of esters is 1. The van der Waals surface area contributed by atoms with Gasteiger partial charge in [0.05, 0.1) is 29.1 Å². The molecule has 5 rings (SSSR count). The maximum atomic E-state index is 14.5. The Bertz CT molecular complexity index is 1480. The molecule has 0 radical (unpaired) electrons. The Morgan fingerprint density at radius 3 is 2.10 bits per heavy atom. The molecule has 0 unspecified atom stereocenters. The zero-order valence-corrected chi connectivity index (χ0v) is 23.4. The number of aryl methyl sites for hydroxylation is 2. The number of rotatable bonds is 8. The lowest BCUT2D eigenvalue weighted by Gasteiger charge is -2.29. The highest BCUT2D eigenvalue weighted by atomic mass is 19.1. The molecule has 1 N–H and O–H groups in total. The lowest BCUT2D eigenvalue weighted by molar-refractivity contribution is 0.0495. The van der Waals surface area contributed by atoms with E-state index in [0.717, 1.165) is 11.1 Å². The van der Waals surface area contributed by atoms with Gasteiger partial charge < -0.3 is 15.0 Å². The summed E-state index contributed by atoms with van der Waals surface area (Å²) in [6.07, 6.45) is 0.569. The fraction of sp³-hybridized carbons (Fsp3) is 0.265. The van der Waals surface area contributed by atoms with Crippen LogP contribution in [0, 0.1) is 19.7 Å². The number of ether oxygens (including phenoxy) is 1. The molecule has 1 saturated heterocycles. The quantitative estimate of drug-likeness (QED) is 0.275. The first-order valence-corrected chi connectivity index (χ1v) is 14.0. The van der Waals surface area contributed by atoms with Gasteiger partial charge in [-0.1, -0.05) is 72.8 Å². The number of piperazine rings is 1. The highest BCUT2D eigenvalue weighted by Gasteiger charge is 2.30. The monoisotopic (exact) mass is 551 g/mol. The van der Waals surface area contributed by atoms with Crippen LogP contribution in [0.4, 0.5) is 4.39 Å². The summed E-state index contributed by atoms with van der Waals surface area (Å²) < 4.78 is 20.3. The van der Waals surface area contributed by atoms with E-state index in [1.165, 1.54) is 12.1 Å². The molecule has 0 aliphatic carbocycles. The van der Waals surface area contributed by atoms with E-state index in [1.807, 2.05) is 36.4 Å². The number of carbonyl (C=O) groups excluding carboxylic acids is 2. The van der Waals surface area contributed by atoms with Crippen molar-refractivity contribution in [2.24, 2.45) is 0 Å². The minimum Gasteiger partial charge on any atom is -0.462 e. The van der Waals surface area contributed by atoms with Crippen molar-refractivity contribution in [1.82, 2.24) is 15.2 Å². The van der Waals surface area contributed by atoms with Crippen molar-refractivity contribution in [3.8, 4) is 11.1 Å². The summed E-state index contributed by atoms with van der Waals surface area (Å²) in [6.45, 7) is 6.07. The molecule has 6 nitrogen and oxygen atoms in total. The number of amides is 1. The second-order valence-electron chi connectivity index (χ2n) is 10.3. The number of nitrogens with one attached hydrogen (secondary N) is 1. The molecule has 1 amide bonds. The summed E-state index contributed by atoms with van der Waals surface area (Å²) >= 11 is 0. The molecule has 0 atom stereocenters. The van der Waals surface area contributed by atoms with E-state index in [2.05, 4.69) is 34.6 Å². The molecule has 3 aromatic carbocycles. The van der Waals surface area contributed by atoms with Crippen LogP contribution in [-0.2, 0) is 4.74 Å². The van der Waals surface area contributed by atoms with E-state index in [9.17, 15) is 14.0 Å². The Kier molecular flexibility index (Phi) is 8.85. The first-order chi connectivity index (χ1) is 19.9. The van der Waals surface area contributed by atoms with Crippen LogP contribution in [0.2, 0.25) is 0 Å². The standard InChI is InChI=1S/C34H34FN3O3/c1-23-30(33(39)38-19-17-36-18-20-38)32(27-14-9-15-28(35)22-27)31(24(2)37-23)34(40)41-21-16-29(25-10-5-3-6-11-25)26-12-7-4-8-13-26/h3-15,22,29,36H,16-21H2,1-2H3. The van der Waals surface area contributed by atoms with Crippen molar-refractivity contribution in [3.63, 3.8) is 0 Å². The topological polar surface area (TPSA) is 71.5 Å². The van der Waals surface area contributed by atoms with Crippen LogP contribution in [0.1, 0.15) is 55.6 Å². The minimum atomic E-state index is -0.580. The van der Waals surface area contributed by atoms with Gasteiger partial charge in [0, 0.05) is 37.7 Å². The fourth-order valence-electron chi connectivity index (χ4n) is 5.56. The highest BCUT2D eigenvalue weighted by Crippen LogP contribution is 2.34. The van der Waals surface area contributed by atoms with E-state index < -0.39 is 11.8 Å². The Hall–Kier alpha value is -4.36. The van der Waals surface area contributed by atoms with Crippen molar-refractivity contribution in [2.45, 2.75) is 26.2 Å². The van der Waals surface area contributed by atoms with Crippen molar-refractivity contribution in [2.75, 3.05) is 32.8 Å². The molecule has 0 spiro atoms. The number of carbonyl (C=O) groups is 2. The van der Waals surface area contributed by atoms with Crippen LogP contribution in [0.3, 0.4) is 0 Å². The van der Waals surface area contributed by atoms with E-state index in [0.29, 0.717) is 60.7 Å². The van der Waals surface area contributed by atoms with Crippen LogP contribution < -0.4 is 5.32 Å². The fourth-order valence-corrected chi connectivity index (χ4v) is 5.56.